The number of nitrogens with one attached hydrogen (secondary N) is 1. The molecule has 2 aliphatic heterocycles. The quantitative estimate of drug-likeness (QED) is 0.666. The second-order valence-electron chi connectivity index (χ2n) is 9.34. The number of H-pyrrole nitrogens is 1. The number of aromatic amines is 1. The molecule has 166 valence electrons. The summed E-state index contributed by atoms with van der Waals surface area (Å²) in [5.74, 6) is -1.83. The maximum atomic E-state index is 13.3. The third-order valence-electron chi connectivity index (χ3n) is 7.80. The third-order valence-corrected chi connectivity index (χ3v) is 10.4. The number of rotatable bonds is 4. The van der Waals surface area contributed by atoms with E-state index in [9.17, 15) is 19.2 Å². The molecule has 1 saturated heterocycles. The highest BCUT2D eigenvalue weighted by molar-refractivity contribution is 8.00. The summed E-state index contributed by atoms with van der Waals surface area (Å²) in [4.78, 5) is 54.9. The van der Waals surface area contributed by atoms with Crippen LogP contribution in [0.25, 0.3) is 0 Å². The molecule has 32 heavy (non-hydrogen) atoms. The molecule has 2 aromatic rings. The van der Waals surface area contributed by atoms with E-state index in [4.69, 9.17) is 5.11 Å². The van der Waals surface area contributed by atoms with Gasteiger partial charge >= 0.3 is 10.8 Å². The molecule has 3 heterocycles. The summed E-state index contributed by atoms with van der Waals surface area (Å²) in [6.07, 6.45) is 0.613. The van der Waals surface area contributed by atoms with Crippen LogP contribution in [-0.4, -0.2) is 44.6 Å². The van der Waals surface area contributed by atoms with Gasteiger partial charge in [-0.25, -0.2) is 0 Å². The highest BCUT2D eigenvalue weighted by Crippen LogP contribution is 2.68. The van der Waals surface area contributed by atoms with Crippen molar-refractivity contribution in [1.29, 1.82) is 0 Å². The Balaban J connectivity index is 1.41. The highest BCUT2D eigenvalue weighted by Gasteiger charge is 2.69. The number of carboxylic acids is 1. The van der Waals surface area contributed by atoms with Crippen molar-refractivity contribution < 1.29 is 19.5 Å². The molecule has 4 aliphatic rings. The summed E-state index contributed by atoms with van der Waals surface area (Å²) >= 11 is 2.92. The molecule has 0 spiro atoms. The highest BCUT2D eigenvalue weighted by atomic mass is 32.2. The number of nitrogens with zero attached hydrogens (tertiary/aromatic N) is 1. The van der Waals surface area contributed by atoms with Crippen molar-refractivity contribution >= 4 is 40.9 Å². The Bertz CT molecular complexity index is 1200. The van der Waals surface area contributed by atoms with Gasteiger partial charge in [0.2, 0.25) is 11.8 Å². The second-order valence-corrected chi connectivity index (χ2v) is 11.5. The SMILES string of the molecule is Cc1ccc([C@@H]2c3sc(=O)[nH]c3S[C@@H]3[C@@H]4C[C@@H]([C@@H]5C(=O)N(CCC(=O)O)C(=O)[C@@H]45)[C@H]23)cc1. The number of carbonyl (C=O) groups is 3. The maximum absolute atomic E-state index is 13.3. The number of hydrogen-bond donors (Lipinski definition) is 2. The van der Waals surface area contributed by atoms with Crippen molar-refractivity contribution in [3.05, 3.63) is 49.9 Å². The molecule has 7 nitrogen and oxygen atoms in total. The Kier molecular flexibility index (Phi) is 4.46. The number of carboxylic acid groups (broad SMARTS) is 1. The van der Waals surface area contributed by atoms with Crippen LogP contribution in [0.2, 0.25) is 0 Å². The van der Waals surface area contributed by atoms with Gasteiger partial charge in [0.25, 0.3) is 0 Å². The van der Waals surface area contributed by atoms with E-state index in [2.05, 4.69) is 29.2 Å². The van der Waals surface area contributed by atoms with E-state index in [-0.39, 0.29) is 70.4 Å². The minimum atomic E-state index is -1.01. The monoisotopic (exact) mass is 470 g/mol. The van der Waals surface area contributed by atoms with E-state index in [0.717, 1.165) is 27.5 Å². The summed E-state index contributed by atoms with van der Waals surface area (Å²) in [6.45, 7) is 1.99. The van der Waals surface area contributed by atoms with Crippen LogP contribution in [0.5, 0.6) is 0 Å². The van der Waals surface area contributed by atoms with Crippen LogP contribution in [0.4, 0.5) is 0 Å². The molecule has 0 radical (unpaired) electrons. The van der Waals surface area contributed by atoms with E-state index in [1.54, 1.807) is 11.8 Å². The van der Waals surface area contributed by atoms with Gasteiger partial charge < -0.3 is 10.1 Å². The summed E-state index contributed by atoms with van der Waals surface area (Å²) in [7, 11) is 0. The van der Waals surface area contributed by atoms with Gasteiger partial charge in [0.15, 0.2) is 0 Å². The molecule has 1 aromatic carbocycles. The topological polar surface area (TPSA) is 108 Å². The number of carbonyl (C=O) groups excluding carboxylic acids is 2. The standard InChI is InChI=1S/C23H22N2O5S2/c1-9-2-4-10(5-3-9)14-15-11-8-12(18(15)31-20-19(14)32-23(30)24-20)17-16(11)21(28)25(22(17)29)7-6-13(26)27/h2-5,11-12,14-18H,6-8H2,1H3,(H,24,30)(H,26,27)/t11-,12-,14+,15-,16+,17+,18-/m1/s1. The fourth-order valence-electron chi connectivity index (χ4n) is 6.65. The Labute approximate surface area is 192 Å². The number of aromatic nitrogens is 1. The van der Waals surface area contributed by atoms with E-state index >= 15 is 0 Å². The molecule has 2 aliphatic carbocycles. The van der Waals surface area contributed by atoms with E-state index in [1.807, 2.05) is 6.92 Å². The Hall–Kier alpha value is -2.39. The molecule has 2 amide bonds. The van der Waals surface area contributed by atoms with Crippen LogP contribution in [0.3, 0.4) is 0 Å². The molecule has 6 rings (SSSR count). The zero-order chi connectivity index (χ0) is 22.3. The lowest BCUT2D eigenvalue weighted by Crippen LogP contribution is -2.42. The van der Waals surface area contributed by atoms with E-state index < -0.39 is 5.97 Å². The Morgan fingerprint density at radius 3 is 2.50 bits per heavy atom. The molecular formula is C23H22N2O5S2. The Morgan fingerprint density at radius 2 is 1.81 bits per heavy atom. The first kappa shape index (κ1) is 20.2. The average molecular weight is 471 g/mol. The van der Waals surface area contributed by atoms with Crippen molar-refractivity contribution in [1.82, 2.24) is 9.88 Å². The minimum absolute atomic E-state index is 0.0210. The summed E-state index contributed by atoms with van der Waals surface area (Å²) in [5, 5.41) is 10.1. The van der Waals surface area contributed by atoms with E-state index in [0.29, 0.717) is 0 Å². The summed E-state index contributed by atoms with van der Waals surface area (Å²) in [6, 6.07) is 8.39. The average Bonchev–Trinajstić information content (AvgIpc) is 3.47. The number of fused-ring (bicyclic) bond motifs is 9. The number of benzene rings is 1. The predicted octanol–water partition coefficient (Wildman–Crippen LogP) is 2.69. The van der Waals surface area contributed by atoms with Gasteiger partial charge in [-0.05, 0) is 36.7 Å². The zero-order valence-corrected chi connectivity index (χ0v) is 18.9. The molecule has 2 bridgehead atoms. The van der Waals surface area contributed by atoms with E-state index in [1.165, 1.54) is 16.2 Å². The van der Waals surface area contributed by atoms with Gasteiger partial charge in [0, 0.05) is 22.6 Å². The number of amides is 2. The summed E-state index contributed by atoms with van der Waals surface area (Å²) < 4.78 is 0. The maximum Gasteiger partial charge on any atom is 0.305 e. The lowest BCUT2D eigenvalue weighted by molar-refractivity contribution is -0.142. The van der Waals surface area contributed by atoms with Gasteiger partial charge in [-0.2, -0.15) is 0 Å². The van der Waals surface area contributed by atoms with Crippen LogP contribution >= 0.6 is 23.1 Å². The smallest absolute Gasteiger partial charge is 0.305 e. The molecule has 2 N–H and O–H groups in total. The summed E-state index contributed by atoms with van der Waals surface area (Å²) in [5.41, 5.74) is 2.31. The van der Waals surface area contributed by atoms with Crippen molar-refractivity contribution in [2.75, 3.05) is 6.54 Å². The molecule has 2 saturated carbocycles. The molecule has 7 atom stereocenters. The van der Waals surface area contributed by atoms with Crippen molar-refractivity contribution in [2.45, 2.75) is 36.0 Å². The number of likely N-dealkylation sites (tertiary alicyclic amines) is 1. The molecule has 0 unspecified atom stereocenters. The van der Waals surface area contributed by atoms with Crippen molar-refractivity contribution in [2.24, 2.45) is 29.6 Å². The van der Waals surface area contributed by atoms with Crippen LogP contribution in [0.15, 0.2) is 34.1 Å². The molecule has 1 aromatic heterocycles. The molecular weight excluding hydrogens is 448 g/mol. The lowest BCUT2D eigenvalue weighted by Gasteiger charge is -2.43. The minimum Gasteiger partial charge on any atom is -0.481 e. The Morgan fingerprint density at radius 1 is 1.12 bits per heavy atom. The van der Waals surface area contributed by atoms with Gasteiger partial charge in [0.05, 0.1) is 23.3 Å². The lowest BCUT2D eigenvalue weighted by atomic mass is 9.68. The zero-order valence-electron chi connectivity index (χ0n) is 17.3. The predicted molar refractivity (Wildman–Crippen MR) is 119 cm³/mol. The normalized spacial score (nSPS) is 34.5. The first-order valence-electron chi connectivity index (χ1n) is 10.9. The van der Waals surface area contributed by atoms with Gasteiger partial charge in [-0.15, -0.1) is 11.8 Å². The number of imide groups is 1. The number of aryl methyl sites for hydroxylation is 1. The number of aliphatic carboxylic acids is 1. The van der Waals surface area contributed by atoms with Gasteiger partial charge in [0.1, 0.15) is 0 Å². The molecule has 3 fully saturated rings. The fourth-order valence-corrected chi connectivity index (χ4v) is 9.54. The van der Waals surface area contributed by atoms with Gasteiger partial charge in [-0.1, -0.05) is 41.2 Å². The fraction of sp³-hybridized carbons (Fsp3) is 0.478. The van der Waals surface area contributed by atoms with Crippen molar-refractivity contribution in [3.63, 3.8) is 0 Å². The first-order valence-corrected chi connectivity index (χ1v) is 12.6. The number of thioether (sulfide) groups is 1. The third kappa shape index (κ3) is 2.73. The second kappa shape index (κ2) is 7.05. The first-order chi connectivity index (χ1) is 15.3. The van der Waals surface area contributed by atoms with Crippen LogP contribution in [-0.2, 0) is 14.4 Å². The van der Waals surface area contributed by atoms with Crippen LogP contribution < -0.4 is 4.87 Å². The van der Waals surface area contributed by atoms with Gasteiger partial charge in [-0.3, -0.25) is 24.1 Å². The largest absolute Gasteiger partial charge is 0.481 e. The van der Waals surface area contributed by atoms with Crippen molar-refractivity contribution in [3.8, 4) is 0 Å². The van der Waals surface area contributed by atoms with Crippen LogP contribution in [0.1, 0.15) is 34.8 Å². The number of hydrogen-bond acceptors (Lipinski definition) is 6. The molecule has 9 heteroatoms. The van der Waals surface area contributed by atoms with Crippen LogP contribution in [0, 0.1) is 36.5 Å². The number of thiazole rings is 1.